The van der Waals surface area contributed by atoms with Crippen LogP contribution in [-0.2, 0) is 4.79 Å². The largest absolute Gasteiger partial charge is 0.457 e. The molecule has 0 aliphatic heterocycles. The lowest BCUT2D eigenvalue weighted by Gasteiger charge is -2.08. The number of hydrogen-bond donors (Lipinski definition) is 1. The van der Waals surface area contributed by atoms with Crippen LogP contribution in [0.25, 0.3) is 6.08 Å². The Morgan fingerprint density at radius 2 is 1.75 bits per heavy atom. The lowest BCUT2D eigenvalue weighted by Crippen LogP contribution is -2.07. The molecule has 28 heavy (non-hydrogen) atoms. The molecule has 0 fully saturated rings. The van der Waals surface area contributed by atoms with Crippen molar-refractivity contribution in [2.24, 2.45) is 0 Å². The van der Waals surface area contributed by atoms with E-state index in [-0.39, 0.29) is 11.6 Å². The zero-order valence-electron chi connectivity index (χ0n) is 15.2. The van der Waals surface area contributed by atoms with Gasteiger partial charge in [-0.25, -0.2) is 0 Å². The van der Waals surface area contributed by atoms with Gasteiger partial charge in [-0.05, 0) is 61.0 Å². The summed E-state index contributed by atoms with van der Waals surface area (Å²) in [6.45, 7) is 1.99. The van der Waals surface area contributed by atoms with Gasteiger partial charge in [-0.15, -0.1) is 0 Å². The molecule has 140 valence electrons. The van der Waals surface area contributed by atoms with Crippen LogP contribution in [0.1, 0.15) is 11.1 Å². The molecule has 3 aromatic carbocycles. The number of carbonyl (C=O) groups is 1. The first-order chi connectivity index (χ1) is 13.5. The number of nitro benzene ring substituents is 1. The van der Waals surface area contributed by atoms with Crippen molar-refractivity contribution < 1.29 is 14.5 Å². The predicted molar refractivity (Wildman–Crippen MR) is 108 cm³/mol. The van der Waals surface area contributed by atoms with Gasteiger partial charge in [-0.3, -0.25) is 14.9 Å². The van der Waals surface area contributed by atoms with E-state index in [2.05, 4.69) is 5.32 Å². The Morgan fingerprint density at radius 3 is 2.46 bits per heavy atom. The van der Waals surface area contributed by atoms with Gasteiger partial charge in [0.15, 0.2) is 0 Å². The molecule has 0 unspecified atom stereocenters. The van der Waals surface area contributed by atoms with Crippen molar-refractivity contribution in [1.29, 1.82) is 0 Å². The van der Waals surface area contributed by atoms with Gasteiger partial charge >= 0.3 is 0 Å². The van der Waals surface area contributed by atoms with Gasteiger partial charge in [0.25, 0.3) is 5.69 Å². The topological polar surface area (TPSA) is 81.5 Å². The number of nitro groups is 1. The summed E-state index contributed by atoms with van der Waals surface area (Å²) in [5.41, 5.74) is 2.01. The molecule has 6 heteroatoms. The summed E-state index contributed by atoms with van der Waals surface area (Å²) in [5.74, 6) is 1.01. The van der Waals surface area contributed by atoms with Crippen molar-refractivity contribution in [1.82, 2.24) is 0 Å². The maximum Gasteiger partial charge on any atom is 0.276 e. The second kappa shape index (κ2) is 8.64. The van der Waals surface area contributed by atoms with Gasteiger partial charge in [0.2, 0.25) is 5.91 Å². The van der Waals surface area contributed by atoms with E-state index in [1.807, 2.05) is 31.2 Å². The van der Waals surface area contributed by atoms with Gasteiger partial charge in [-0.1, -0.05) is 24.3 Å². The number of ether oxygens (including phenoxy) is 1. The average molecular weight is 374 g/mol. The highest BCUT2D eigenvalue weighted by Crippen LogP contribution is 2.24. The minimum atomic E-state index is -0.482. The third-order valence-electron chi connectivity index (χ3n) is 3.89. The first-order valence-corrected chi connectivity index (χ1v) is 8.58. The summed E-state index contributed by atoms with van der Waals surface area (Å²) < 4.78 is 5.77. The molecule has 1 N–H and O–H groups in total. The van der Waals surface area contributed by atoms with E-state index in [0.29, 0.717) is 17.0 Å². The monoisotopic (exact) mass is 374 g/mol. The Balaban J connectivity index is 1.62. The number of nitrogens with zero attached hydrogens (tertiary/aromatic N) is 1. The summed E-state index contributed by atoms with van der Waals surface area (Å²) in [6, 6.07) is 20.9. The number of nitrogens with one attached hydrogen (secondary N) is 1. The van der Waals surface area contributed by atoms with E-state index < -0.39 is 4.92 Å². The first-order valence-electron chi connectivity index (χ1n) is 8.58. The van der Waals surface area contributed by atoms with E-state index in [4.69, 9.17) is 4.74 Å². The average Bonchev–Trinajstić information content (AvgIpc) is 2.68. The summed E-state index contributed by atoms with van der Waals surface area (Å²) in [5, 5.41) is 13.7. The molecular weight excluding hydrogens is 356 g/mol. The van der Waals surface area contributed by atoms with Crippen LogP contribution in [0, 0.1) is 17.0 Å². The molecule has 0 saturated carbocycles. The fourth-order valence-corrected chi connectivity index (χ4v) is 2.57. The molecule has 0 bridgehead atoms. The van der Waals surface area contributed by atoms with Crippen LogP contribution in [0.2, 0.25) is 0 Å². The Hall–Kier alpha value is -3.93. The zero-order valence-corrected chi connectivity index (χ0v) is 15.2. The minimum absolute atomic E-state index is 0.0517. The number of rotatable bonds is 6. The molecule has 3 aromatic rings. The van der Waals surface area contributed by atoms with E-state index in [0.717, 1.165) is 11.3 Å². The molecule has 0 aliphatic rings. The quantitative estimate of drug-likeness (QED) is 0.358. The molecular formula is C22H18N2O4. The molecule has 0 spiro atoms. The summed E-state index contributed by atoms with van der Waals surface area (Å²) in [4.78, 5) is 22.6. The van der Waals surface area contributed by atoms with Crippen LogP contribution >= 0.6 is 0 Å². The fraction of sp³-hybridized carbons (Fsp3) is 0.0455. The number of para-hydroxylation sites is 1. The molecule has 3 rings (SSSR count). The Morgan fingerprint density at radius 1 is 1.00 bits per heavy atom. The van der Waals surface area contributed by atoms with Crippen molar-refractivity contribution >= 4 is 23.4 Å². The third kappa shape index (κ3) is 5.04. The lowest BCUT2D eigenvalue weighted by molar-refractivity contribution is -0.385. The van der Waals surface area contributed by atoms with Gasteiger partial charge in [0.1, 0.15) is 11.5 Å². The second-order valence-corrected chi connectivity index (χ2v) is 6.08. The van der Waals surface area contributed by atoms with Gasteiger partial charge in [0.05, 0.1) is 10.5 Å². The van der Waals surface area contributed by atoms with Crippen molar-refractivity contribution in [2.75, 3.05) is 5.32 Å². The number of amides is 1. The van der Waals surface area contributed by atoms with Crippen LogP contribution in [0.5, 0.6) is 11.5 Å². The van der Waals surface area contributed by atoms with Crippen molar-refractivity contribution in [3.05, 3.63) is 100 Å². The number of benzene rings is 3. The van der Waals surface area contributed by atoms with E-state index in [9.17, 15) is 14.9 Å². The normalized spacial score (nSPS) is 10.6. The molecule has 1 amide bonds. The smallest absolute Gasteiger partial charge is 0.276 e. The van der Waals surface area contributed by atoms with E-state index in [1.165, 1.54) is 18.2 Å². The Kier molecular flexibility index (Phi) is 5.81. The zero-order chi connectivity index (χ0) is 19.9. The highest BCUT2D eigenvalue weighted by Gasteiger charge is 2.09. The van der Waals surface area contributed by atoms with Crippen LogP contribution in [0.15, 0.2) is 78.9 Å². The molecule has 0 saturated heterocycles. The summed E-state index contributed by atoms with van der Waals surface area (Å²) in [7, 11) is 0. The minimum Gasteiger partial charge on any atom is -0.457 e. The number of anilines is 1. The number of carbonyl (C=O) groups excluding carboxylic acids is 1. The summed E-state index contributed by atoms with van der Waals surface area (Å²) in [6.07, 6.45) is 2.68. The number of aryl methyl sites for hydroxylation is 1. The molecule has 0 aromatic heterocycles. The fourth-order valence-electron chi connectivity index (χ4n) is 2.57. The van der Waals surface area contributed by atoms with Gasteiger partial charge < -0.3 is 10.1 Å². The van der Waals surface area contributed by atoms with Gasteiger partial charge in [-0.2, -0.15) is 0 Å². The first kappa shape index (κ1) is 18.8. The molecule has 0 aliphatic carbocycles. The maximum atomic E-state index is 12.1. The van der Waals surface area contributed by atoms with Crippen LogP contribution < -0.4 is 10.1 Å². The second-order valence-electron chi connectivity index (χ2n) is 6.08. The Bertz CT molecular complexity index is 1030. The molecule has 0 heterocycles. The van der Waals surface area contributed by atoms with E-state index in [1.54, 1.807) is 42.5 Å². The standard InChI is InChI=1S/C22H18N2O4/c1-16-5-4-7-20(15-16)28-19-12-10-18(11-13-19)23-22(25)14-9-17-6-2-3-8-21(17)24(26)27/h2-15H,1H3,(H,23,25). The van der Waals surface area contributed by atoms with Crippen molar-refractivity contribution in [3.63, 3.8) is 0 Å². The number of hydrogen-bond acceptors (Lipinski definition) is 4. The van der Waals surface area contributed by atoms with Crippen LogP contribution in [-0.4, -0.2) is 10.8 Å². The summed E-state index contributed by atoms with van der Waals surface area (Å²) >= 11 is 0. The highest BCUT2D eigenvalue weighted by atomic mass is 16.6. The maximum absolute atomic E-state index is 12.1. The predicted octanol–water partition coefficient (Wildman–Crippen LogP) is 5.35. The molecule has 0 atom stereocenters. The SMILES string of the molecule is Cc1cccc(Oc2ccc(NC(=O)C=Cc3ccccc3[N+](=O)[O-])cc2)c1. The van der Waals surface area contributed by atoms with Gasteiger partial charge in [0, 0.05) is 17.8 Å². The van der Waals surface area contributed by atoms with E-state index >= 15 is 0 Å². The van der Waals surface area contributed by atoms with Crippen molar-refractivity contribution in [3.8, 4) is 11.5 Å². The third-order valence-corrected chi connectivity index (χ3v) is 3.89. The van der Waals surface area contributed by atoms with Crippen molar-refractivity contribution in [2.45, 2.75) is 6.92 Å². The molecule has 6 nitrogen and oxygen atoms in total. The molecule has 0 radical (unpaired) electrons. The van der Waals surface area contributed by atoms with Crippen LogP contribution in [0.4, 0.5) is 11.4 Å². The Labute approximate surface area is 162 Å². The van der Waals surface area contributed by atoms with Crippen LogP contribution in [0.3, 0.4) is 0 Å². The highest BCUT2D eigenvalue weighted by molar-refractivity contribution is 6.02. The lowest BCUT2D eigenvalue weighted by atomic mass is 10.1.